The van der Waals surface area contributed by atoms with Gasteiger partial charge < -0.3 is 29.8 Å². The van der Waals surface area contributed by atoms with Gasteiger partial charge in [0.25, 0.3) is 11.8 Å². The van der Waals surface area contributed by atoms with Crippen LogP contribution in [0.15, 0.2) is 79.1 Å². The van der Waals surface area contributed by atoms with Gasteiger partial charge in [0.1, 0.15) is 5.82 Å². The minimum Gasteiger partial charge on any atom is -0.493 e. The van der Waals surface area contributed by atoms with Gasteiger partial charge in [-0.2, -0.15) is 0 Å². The summed E-state index contributed by atoms with van der Waals surface area (Å²) in [7, 11) is 4.49. The summed E-state index contributed by atoms with van der Waals surface area (Å²) in [5.74, 6) is 1.27. The van der Waals surface area contributed by atoms with Gasteiger partial charge in [0, 0.05) is 34.9 Å². The predicted molar refractivity (Wildman–Crippen MR) is 148 cm³/mol. The van der Waals surface area contributed by atoms with Crippen LogP contribution in [0.4, 0.5) is 11.4 Å². The number of anilines is 2. The fourth-order valence-electron chi connectivity index (χ4n) is 4.05. The van der Waals surface area contributed by atoms with Gasteiger partial charge in [-0.05, 0) is 66.7 Å². The summed E-state index contributed by atoms with van der Waals surface area (Å²) in [5.41, 5.74) is 4.41. The van der Waals surface area contributed by atoms with Crippen LogP contribution in [-0.4, -0.2) is 48.1 Å². The molecule has 196 valence electrons. The lowest BCUT2D eigenvalue weighted by Gasteiger charge is -2.14. The largest absolute Gasteiger partial charge is 0.493 e. The number of hydrogen-bond donors (Lipinski definition) is 3. The Labute approximate surface area is 224 Å². The van der Waals surface area contributed by atoms with Crippen molar-refractivity contribution in [2.75, 3.05) is 32.0 Å². The molecule has 0 aliphatic carbocycles. The highest BCUT2D eigenvalue weighted by Crippen LogP contribution is 2.38. The molecule has 0 saturated heterocycles. The number of nitrogens with zero attached hydrogens (tertiary/aromatic N) is 2. The quantitative estimate of drug-likeness (QED) is 0.256. The molecule has 10 nitrogen and oxygen atoms in total. The van der Waals surface area contributed by atoms with Crippen LogP contribution in [0, 0.1) is 0 Å². The number of rotatable bonds is 8. The lowest BCUT2D eigenvalue weighted by Crippen LogP contribution is -2.12. The van der Waals surface area contributed by atoms with Crippen molar-refractivity contribution in [1.82, 2.24) is 15.0 Å². The van der Waals surface area contributed by atoms with Crippen molar-refractivity contribution in [2.24, 2.45) is 0 Å². The number of nitrogens with one attached hydrogen (secondary N) is 3. The molecule has 0 saturated carbocycles. The number of carbonyl (C=O) groups is 2. The van der Waals surface area contributed by atoms with Crippen LogP contribution in [0.1, 0.15) is 20.7 Å². The molecule has 0 radical (unpaired) electrons. The number of carbonyl (C=O) groups excluding carboxylic acids is 2. The summed E-state index contributed by atoms with van der Waals surface area (Å²) in [6, 6.07) is 19.3. The van der Waals surface area contributed by atoms with Gasteiger partial charge in [-0.15, -0.1) is 0 Å². The van der Waals surface area contributed by atoms with E-state index in [1.165, 1.54) is 27.5 Å². The maximum Gasteiger partial charge on any atom is 0.257 e. The van der Waals surface area contributed by atoms with Crippen molar-refractivity contribution in [3.63, 3.8) is 0 Å². The molecule has 39 heavy (non-hydrogen) atoms. The second-order valence-electron chi connectivity index (χ2n) is 8.46. The smallest absolute Gasteiger partial charge is 0.257 e. The van der Waals surface area contributed by atoms with Crippen LogP contribution >= 0.6 is 0 Å². The molecule has 2 aromatic heterocycles. The van der Waals surface area contributed by atoms with Crippen LogP contribution in [0.2, 0.25) is 0 Å². The number of hydrogen-bond acceptors (Lipinski definition) is 7. The molecule has 0 aliphatic rings. The number of methoxy groups -OCH3 is 3. The van der Waals surface area contributed by atoms with Crippen molar-refractivity contribution in [3.8, 4) is 28.6 Å². The molecule has 10 heteroatoms. The van der Waals surface area contributed by atoms with Gasteiger partial charge in [0.2, 0.25) is 5.75 Å². The molecule has 0 bridgehead atoms. The molecule has 0 aliphatic heterocycles. The third-order valence-electron chi connectivity index (χ3n) is 6.01. The molecular weight excluding hydrogens is 498 g/mol. The molecule has 5 aromatic rings. The van der Waals surface area contributed by atoms with E-state index in [0.29, 0.717) is 45.6 Å². The third kappa shape index (κ3) is 5.35. The monoisotopic (exact) mass is 523 g/mol. The Morgan fingerprint density at radius 1 is 0.769 bits per heavy atom. The van der Waals surface area contributed by atoms with Crippen molar-refractivity contribution in [2.45, 2.75) is 0 Å². The first-order chi connectivity index (χ1) is 19.0. The standard InChI is InChI=1S/C29H25N5O5/c1-37-24-13-19(14-25(38-2)26(24)39-3)29(36)32-21-10-11-22-23(15-21)34-27(33-22)17-6-8-20(9-7-17)31-28(35)18-5-4-12-30-16-18/h4-16H,1-3H3,(H,31,35)(H,32,36)(H,33,34). The number of ether oxygens (including phenoxy) is 3. The van der Waals surface area contributed by atoms with Gasteiger partial charge in [-0.3, -0.25) is 14.6 Å². The number of pyridine rings is 1. The molecule has 2 heterocycles. The fraction of sp³-hybridized carbons (Fsp3) is 0.103. The molecule has 0 atom stereocenters. The zero-order valence-corrected chi connectivity index (χ0v) is 21.4. The van der Waals surface area contributed by atoms with Crippen molar-refractivity contribution >= 4 is 34.2 Å². The molecule has 0 spiro atoms. The Balaban J connectivity index is 1.32. The molecule has 5 rings (SSSR count). The van der Waals surface area contributed by atoms with Crippen molar-refractivity contribution in [3.05, 3.63) is 90.3 Å². The maximum absolute atomic E-state index is 13.0. The number of amides is 2. The van der Waals surface area contributed by atoms with Crippen LogP contribution < -0.4 is 24.8 Å². The Morgan fingerprint density at radius 2 is 1.44 bits per heavy atom. The van der Waals surface area contributed by atoms with Gasteiger partial charge in [0.05, 0.1) is 37.9 Å². The number of aromatic amines is 1. The van der Waals surface area contributed by atoms with Gasteiger partial charge in [0.15, 0.2) is 11.5 Å². The molecule has 2 amide bonds. The highest BCUT2D eigenvalue weighted by atomic mass is 16.5. The third-order valence-corrected chi connectivity index (χ3v) is 6.01. The van der Waals surface area contributed by atoms with E-state index in [1.807, 2.05) is 24.3 Å². The van der Waals surface area contributed by atoms with E-state index in [-0.39, 0.29) is 11.8 Å². The van der Waals surface area contributed by atoms with Gasteiger partial charge in [-0.25, -0.2) is 4.98 Å². The summed E-state index contributed by atoms with van der Waals surface area (Å²) in [6.07, 6.45) is 3.13. The molecular formula is C29H25N5O5. The number of aromatic nitrogens is 3. The minimum absolute atomic E-state index is 0.235. The topological polar surface area (TPSA) is 127 Å². The van der Waals surface area contributed by atoms with Crippen molar-refractivity contribution < 1.29 is 23.8 Å². The number of benzene rings is 3. The SMILES string of the molecule is COc1cc(C(=O)Nc2ccc3nc(-c4ccc(NC(=O)c5cccnc5)cc4)[nH]c3c2)cc(OC)c1OC. The molecule has 0 unspecified atom stereocenters. The Kier molecular flexibility index (Phi) is 7.09. The van der Waals surface area contributed by atoms with Gasteiger partial charge >= 0.3 is 0 Å². The summed E-state index contributed by atoms with van der Waals surface area (Å²) >= 11 is 0. The van der Waals surface area contributed by atoms with Gasteiger partial charge in [-0.1, -0.05) is 0 Å². The van der Waals surface area contributed by atoms with Crippen LogP contribution in [0.3, 0.4) is 0 Å². The summed E-state index contributed by atoms with van der Waals surface area (Å²) in [6.45, 7) is 0. The van der Waals surface area contributed by atoms with E-state index < -0.39 is 0 Å². The average Bonchev–Trinajstić information content (AvgIpc) is 3.40. The lowest BCUT2D eigenvalue weighted by molar-refractivity contribution is 0.101. The Bertz CT molecular complexity index is 1620. The fourth-order valence-corrected chi connectivity index (χ4v) is 4.05. The second kappa shape index (κ2) is 10.9. The van der Waals surface area contributed by atoms with E-state index in [1.54, 1.807) is 48.7 Å². The zero-order valence-electron chi connectivity index (χ0n) is 21.4. The summed E-state index contributed by atoms with van der Waals surface area (Å²) in [4.78, 5) is 37.3. The molecule has 3 aromatic carbocycles. The van der Waals surface area contributed by atoms with Crippen LogP contribution in [0.5, 0.6) is 17.2 Å². The predicted octanol–water partition coefficient (Wildman–Crippen LogP) is 5.16. The summed E-state index contributed by atoms with van der Waals surface area (Å²) < 4.78 is 16.0. The number of H-pyrrole nitrogens is 1. The lowest BCUT2D eigenvalue weighted by atomic mass is 10.1. The van der Waals surface area contributed by atoms with E-state index in [0.717, 1.165) is 16.6 Å². The van der Waals surface area contributed by atoms with Crippen LogP contribution in [-0.2, 0) is 0 Å². The highest BCUT2D eigenvalue weighted by Gasteiger charge is 2.17. The summed E-state index contributed by atoms with van der Waals surface area (Å²) in [5, 5.41) is 5.75. The first kappa shape index (κ1) is 25.3. The van der Waals surface area contributed by atoms with E-state index in [4.69, 9.17) is 14.2 Å². The zero-order chi connectivity index (χ0) is 27.4. The first-order valence-corrected chi connectivity index (χ1v) is 11.9. The van der Waals surface area contributed by atoms with Crippen LogP contribution in [0.25, 0.3) is 22.4 Å². The van der Waals surface area contributed by atoms with E-state index in [2.05, 4.69) is 25.6 Å². The van der Waals surface area contributed by atoms with E-state index >= 15 is 0 Å². The minimum atomic E-state index is -0.336. The molecule has 0 fully saturated rings. The van der Waals surface area contributed by atoms with E-state index in [9.17, 15) is 9.59 Å². The normalized spacial score (nSPS) is 10.6. The molecule has 3 N–H and O–H groups in total. The van der Waals surface area contributed by atoms with Crippen molar-refractivity contribution in [1.29, 1.82) is 0 Å². The Hall–Kier alpha value is -5.38. The number of fused-ring (bicyclic) bond motifs is 1. The number of imidazole rings is 1. The average molecular weight is 524 g/mol. The first-order valence-electron chi connectivity index (χ1n) is 11.9. The highest BCUT2D eigenvalue weighted by molar-refractivity contribution is 6.06. The Morgan fingerprint density at radius 3 is 2.08 bits per heavy atom. The maximum atomic E-state index is 13.0. The second-order valence-corrected chi connectivity index (χ2v) is 8.46.